The highest BCUT2D eigenvalue weighted by Crippen LogP contribution is 2.50. The molecular weight excluding hydrogens is 568 g/mol. The molecule has 13 heteroatoms. The minimum atomic E-state index is -2.88. The van der Waals surface area contributed by atoms with Gasteiger partial charge in [0.15, 0.2) is 11.5 Å². The number of hydrogen-bond donors (Lipinski definition) is 3. The van der Waals surface area contributed by atoms with Crippen LogP contribution in [-0.2, 0) is 4.79 Å². The van der Waals surface area contributed by atoms with E-state index in [9.17, 15) is 13.6 Å². The zero-order valence-electron chi connectivity index (χ0n) is 23.7. The average Bonchev–Trinajstić information content (AvgIpc) is 3.70. The standard InChI is InChI=1S/C31H31F2N9O2/c32-31(33)44-22-8-3-16(4-9-22)24-10-5-18(13-37-24)23-14-39-42-28(36)25(17-1-2-17)26(40-29(23)42)19-11-20-6-7-21(12-19)41(20)30(43)27(35)38-15-34/h3-5,8-10,13-15,17,19-21,31H,1-2,6-7,11-12,36H2,(H3,34,35,38). The number of fused-ring (bicyclic) bond motifs is 3. The van der Waals surface area contributed by atoms with Crippen molar-refractivity contribution in [2.75, 3.05) is 5.73 Å². The van der Waals surface area contributed by atoms with Crippen molar-refractivity contribution in [1.82, 2.24) is 24.5 Å². The van der Waals surface area contributed by atoms with E-state index in [2.05, 4.69) is 19.8 Å². The fraction of sp³-hybridized carbons (Fsp3) is 0.355. The van der Waals surface area contributed by atoms with Crippen LogP contribution in [0.15, 0.2) is 53.8 Å². The highest BCUT2D eigenvalue weighted by atomic mass is 19.3. The van der Waals surface area contributed by atoms with Crippen LogP contribution < -0.4 is 16.2 Å². The lowest BCUT2D eigenvalue weighted by Gasteiger charge is -2.39. The molecule has 1 saturated carbocycles. The molecule has 2 bridgehead atoms. The first-order valence-electron chi connectivity index (χ1n) is 14.7. The van der Waals surface area contributed by atoms with Crippen LogP contribution in [0.5, 0.6) is 5.75 Å². The summed E-state index contributed by atoms with van der Waals surface area (Å²) in [6, 6.07) is 10.2. The van der Waals surface area contributed by atoms with Gasteiger partial charge in [0.05, 0.1) is 17.6 Å². The number of nitrogens with zero attached hydrogens (tertiary/aromatic N) is 6. The lowest BCUT2D eigenvalue weighted by atomic mass is 9.85. The molecule has 2 unspecified atom stereocenters. The van der Waals surface area contributed by atoms with E-state index >= 15 is 0 Å². The minimum Gasteiger partial charge on any atom is -0.435 e. The third-order valence-corrected chi connectivity index (χ3v) is 8.96. The molecule has 0 radical (unpaired) electrons. The highest BCUT2D eigenvalue weighted by molar-refractivity contribution is 6.38. The van der Waals surface area contributed by atoms with Crippen molar-refractivity contribution in [1.29, 1.82) is 5.41 Å². The fourth-order valence-electron chi connectivity index (χ4n) is 6.87. The number of nitrogen functional groups attached to an aromatic ring is 1. The van der Waals surface area contributed by atoms with E-state index in [1.54, 1.807) is 29.0 Å². The number of nitrogens with two attached hydrogens (primary N) is 2. The third kappa shape index (κ3) is 4.91. The van der Waals surface area contributed by atoms with Gasteiger partial charge in [0, 0.05) is 46.5 Å². The first kappa shape index (κ1) is 27.9. The molecular formula is C31H31F2N9O2. The number of halogens is 2. The summed E-state index contributed by atoms with van der Waals surface area (Å²) in [6.07, 6.45) is 9.68. The van der Waals surface area contributed by atoms with Gasteiger partial charge in [-0.05, 0) is 74.8 Å². The van der Waals surface area contributed by atoms with Crippen LogP contribution in [0.3, 0.4) is 0 Å². The van der Waals surface area contributed by atoms with E-state index in [-0.39, 0.29) is 35.5 Å². The van der Waals surface area contributed by atoms with Crippen molar-refractivity contribution in [3.05, 3.63) is 60.0 Å². The smallest absolute Gasteiger partial charge is 0.387 e. The Hall–Kier alpha value is -4.94. The van der Waals surface area contributed by atoms with Crippen molar-refractivity contribution in [2.45, 2.75) is 69.1 Å². The van der Waals surface area contributed by atoms with Gasteiger partial charge in [0.1, 0.15) is 17.9 Å². The second kappa shape index (κ2) is 11.0. The summed E-state index contributed by atoms with van der Waals surface area (Å²) in [4.78, 5) is 28.4. The van der Waals surface area contributed by atoms with Gasteiger partial charge in [0.2, 0.25) is 0 Å². The number of benzene rings is 1. The highest BCUT2D eigenvalue weighted by Gasteiger charge is 2.46. The second-order valence-corrected chi connectivity index (χ2v) is 11.6. The van der Waals surface area contributed by atoms with E-state index < -0.39 is 6.61 Å². The minimum absolute atomic E-state index is 0.0224. The molecule has 1 aliphatic carbocycles. The number of carbonyl (C=O) groups is 1. The van der Waals surface area contributed by atoms with E-state index in [1.165, 1.54) is 12.1 Å². The van der Waals surface area contributed by atoms with Crippen LogP contribution in [0.2, 0.25) is 0 Å². The quantitative estimate of drug-likeness (QED) is 0.205. The third-order valence-electron chi connectivity index (χ3n) is 8.96. The molecule has 3 aliphatic rings. The number of aliphatic imine (C=N–C) groups is 1. The van der Waals surface area contributed by atoms with Gasteiger partial charge in [-0.3, -0.25) is 15.2 Å². The van der Waals surface area contributed by atoms with Crippen molar-refractivity contribution in [2.24, 2.45) is 10.7 Å². The number of amides is 1. The Bertz CT molecular complexity index is 1750. The lowest BCUT2D eigenvalue weighted by molar-refractivity contribution is -0.128. The molecule has 0 spiro atoms. The molecule has 1 amide bonds. The van der Waals surface area contributed by atoms with Crippen LogP contribution in [-0.4, -0.2) is 61.3 Å². The van der Waals surface area contributed by atoms with Gasteiger partial charge < -0.3 is 21.1 Å². The van der Waals surface area contributed by atoms with E-state index in [1.807, 2.05) is 17.0 Å². The van der Waals surface area contributed by atoms with Crippen LogP contribution in [0.25, 0.3) is 28.0 Å². The van der Waals surface area contributed by atoms with Crippen molar-refractivity contribution in [3.8, 4) is 28.1 Å². The number of alkyl halides is 2. The predicted octanol–water partition coefficient (Wildman–Crippen LogP) is 4.72. The summed E-state index contributed by atoms with van der Waals surface area (Å²) in [5, 5.41) is 11.8. The van der Waals surface area contributed by atoms with Crippen LogP contribution in [0, 0.1) is 5.41 Å². The Kier molecular flexibility index (Phi) is 6.94. The Morgan fingerprint density at radius 1 is 1.02 bits per heavy atom. The van der Waals surface area contributed by atoms with Crippen molar-refractivity contribution < 1.29 is 18.3 Å². The molecule has 5 N–H and O–H groups in total. The zero-order valence-corrected chi connectivity index (χ0v) is 23.7. The van der Waals surface area contributed by atoms with Crippen LogP contribution >= 0.6 is 0 Å². The molecule has 11 nitrogen and oxygen atoms in total. The number of rotatable bonds is 7. The SMILES string of the molecule is N=CN=C(N)C(=O)N1C2CCC1CC(c1nc3c(-c4ccc(-c5ccc(OC(F)F)cc5)nc4)cnn3c(N)c1C1CC1)C2. The molecule has 226 valence electrons. The van der Waals surface area contributed by atoms with Gasteiger partial charge >= 0.3 is 6.61 Å². The Morgan fingerprint density at radius 2 is 1.73 bits per heavy atom. The van der Waals surface area contributed by atoms with Crippen LogP contribution in [0.1, 0.15) is 61.6 Å². The molecule has 4 aromatic rings. The first-order valence-corrected chi connectivity index (χ1v) is 14.7. The van der Waals surface area contributed by atoms with Crippen molar-refractivity contribution >= 4 is 29.5 Å². The number of ether oxygens (including phenoxy) is 1. The summed E-state index contributed by atoms with van der Waals surface area (Å²) < 4.78 is 31.2. The molecule has 7 rings (SSSR count). The summed E-state index contributed by atoms with van der Waals surface area (Å²) in [5.74, 6) is 0.696. The zero-order chi connectivity index (χ0) is 30.5. The maximum absolute atomic E-state index is 13.0. The van der Waals surface area contributed by atoms with Crippen molar-refractivity contribution in [3.63, 3.8) is 0 Å². The molecule has 5 heterocycles. The maximum atomic E-state index is 13.0. The van der Waals surface area contributed by atoms with Gasteiger partial charge in [-0.15, -0.1) is 0 Å². The summed E-state index contributed by atoms with van der Waals surface area (Å²) in [7, 11) is 0. The Morgan fingerprint density at radius 3 is 2.34 bits per heavy atom. The Balaban J connectivity index is 1.20. The van der Waals surface area contributed by atoms with E-state index in [0.29, 0.717) is 23.1 Å². The van der Waals surface area contributed by atoms with Gasteiger partial charge in [0.25, 0.3) is 5.91 Å². The van der Waals surface area contributed by atoms with E-state index in [0.717, 1.165) is 72.8 Å². The number of pyridine rings is 1. The molecule has 44 heavy (non-hydrogen) atoms. The van der Waals surface area contributed by atoms with Gasteiger partial charge in [-0.1, -0.05) is 6.07 Å². The number of nitrogens with one attached hydrogen (secondary N) is 1. The predicted molar refractivity (Wildman–Crippen MR) is 161 cm³/mol. The first-order chi connectivity index (χ1) is 21.3. The Labute approximate surface area is 251 Å². The second-order valence-electron chi connectivity index (χ2n) is 11.6. The largest absolute Gasteiger partial charge is 0.435 e. The monoisotopic (exact) mass is 599 g/mol. The van der Waals surface area contributed by atoms with Gasteiger partial charge in [-0.25, -0.2) is 9.98 Å². The summed E-state index contributed by atoms with van der Waals surface area (Å²) in [6.45, 7) is -2.88. The number of aromatic nitrogens is 4. The number of carbonyl (C=O) groups excluding carboxylic acids is 1. The number of piperidine rings is 1. The number of amidine groups is 1. The average molecular weight is 600 g/mol. The molecule has 2 aliphatic heterocycles. The number of anilines is 1. The molecule has 2 atom stereocenters. The summed E-state index contributed by atoms with van der Waals surface area (Å²) >= 11 is 0. The topological polar surface area (TPSA) is 161 Å². The number of hydrogen-bond acceptors (Lipinski definition) is 7. The molecule has 3 fully saturated rings. The van der Waals surface area contributed by atoms with Crippen LogP contribution in [0.4, 0.5) is 14.6 Å². The summed E-state index contributed by atoms with van der Waals surface area (Å²) in [5.41, 5.74) is 18.4. The molecule has 3 aromatic heterocycles. The normalized spacial score (nSPS) is 21.7. The molecule has 1 aromatic carbocycles. The van der Waals surface area contributed by atoms with E-state index in [4.69, 9.17) is 21.9 Å². The fourth-order valence-corrected chi connectivity index (χ4v) is 6.87. The van der Waals surface area contributed by atoms with Gasteiger partial charge in [-0.2, -0.15) is 18.4 Å². The lowest BCUT2D eigenvalue weighted by Crippen LogP contribution is -2.50. The maximum Gasteiger partial charge on any atom is 0.387 e. The molecule has 2 saturated heterocycles.